The molecule has 15 heavy (non-hydrogen) atoms. The van der Waals surface area contributed by atoms with Gasteiger partial charge in [-0.25, -0.2) is 0 Å². The zero-order valence-corrected chi connectivity index (χ0v) is 10.6. The molecule has 0 amide bonds. The van der Waals surface area contributed by atoms with E-state index in [0.717, 1.165) is 18.6 Å². The van der Waals surface area contributed by atoms with Crippen molar-refractivity contribution in [2.75, 3.05) is 11.5 Å². The maximum absolute atomic E-state index is 11.3. The first kappa shape index (κ1) is 12.8. The quantitative estimate of drug-likeness (QED) is 0.759. The number of carbonyl (C=O) groups is 1. The third kappa shape index (κ3) is 3.38. The molecular formula is C11H21NO2S. The summed E-state index contributed by atoms with van der Waals surface area (Å²) in [5.41, 5.74) is -0.668. The van der Waals surface area contributed by atoms with Crippen molar-refractivity contribution in [3.63, 3.8) is 0 Å². The first-order valence-corrected chi connectivity index (χ1v) is 6.70. The van der Waals surface area contributed by atoms with Crippen LogP contribution in [-0.4, -0.2) is 34.2 Å². The van der Waals surface area contributed by atoms with Crippen molar-refractivity contribution in [1.82, 2.24) is 5.32 Å². The first-order valence-electron chi connectivity index (χ1n) is 5.55. The average molecular weight is 231 g/mol. The molecule has 2 N–H and O–H groups in total. The predicted octanol–water partition coefficient (Wildman–Crippen LogP) is 1.97. The van der Waals surface area contributed by atoms with Crippen LogP contribution >= 0.6 is 11.8 Å². The van der Waals surface area contributed by atoms with Gasteiger partial charge in [0, 0.05) is 11.8 Å². The molecule has 2 unspecified atom stereocenters. The van der Waals surface area contributed by atoms with Crippen molar-refractivity contribution in [2.24, 2.45) is 5.92 Å². The van der Waals surface area contributed by atoms with E-state index in [4.69, 9.17) is 0 Å². The molecule has 0 bridgehead atoms. The van der Waals surface area contributed by atoms with Crippen LogP contribution in [0.5, 0.6) is 0 Å². The Hall–Kier alpha value is -0.220. The minimum Gasteiger partial charge on any atom is -0.480 e. The monoisotopic (exact) mass is 231 g/mol. The van der Waals surface area contributed by atoms with Crippen LogP contribution < -0.4 is 5.32 Å². The van der Waals surface area contributed by atoms with E-state index in [9.17, 15) is 9.90 Å². The Morgan fingerprint density at radius 3 is 2.60 bits per heavy atom. The Kier molecular flexibility index (Phi) is 4.46. The molecule has 0 radical (unpaired) electrons. The molecule has 0 aromatic rings. The van der Waals surface area contributed by atoms with Gasteiger partial charge >= 0.3 is 5.97 Å². The number of carboxylic acids is 1. The van der Waals surface area contributed by atoms with Crippen LogP contribution in [0.4, 0.5) is 0 Å². The van der Waals surface area contributed by atoms with Crippen LogP contribution in [0.3, 0.4) is 0 Å². The van der Waals surface area contributed by atoms with E-state index in [-0.39, 0.29) is 6.04 Å². The van der Waals surface area contributed by atoms with Crippen molar-refractivity contribution in [3.05, 3.63) is 0 Å². The number of aliphatic carboxylic acids is 1. The Morgan fingerprint density at radius 2 is 2.20 bits per heavy atom. The van der Waals surface area contributed by atoms with E-state index in [0.29, 0.717) is 11.7 Å². The summed E-state index contributed by atoms with van der Waals surface area (Å²) in [4.78, 5) is 11.3. The lowest BCUT2D eigenvalue weighted by molar-refractivity contribution is -0.144. The molecule has 1 aliphatic rings. The van der Waals surface area contributed by atoms with Crippen LogP contribution in [0.2, 0.25) is 0 Å². The molecular weight excluding hydrogens is 210 g/mol. The van der Waals surface area contributed by atoms with Gasteiger partial charge in [0.05, 0.1) is 0 Å². The molecule has 1 saturated heterocycles. The SMILES string of the molecule is CC(C)CC(C)NC1(C(=O)O)CCSC1. The van der Waals surface area contributed by atoms with Gasteiger partial charge in [-0.05, 0) is 31.4 Å². The normalized spacial score (nSPS) is 28.3. The molecule has 1 rings (SSSR count). The van der Waals surface area contributed by atoms with Crippen LogP contribution in [-0.2, 0) is 4.79 Å². The molecule has 0 aromatic carbocycles. The lowest BCUT2D eigenvalue weighted by Gasteiger charge is -2.29. The van der Waals surface area contributed by atoms with Crippen molar-refractivity contribution < 1.29 is 9.90 Å². The highest BCUT2D eigenvalue weighted by Crippen LogP contribution is 2.29. The smallest absolute Gasteiger partial charge is 0.324 e. The van der Waals surface area contributed by atoms with E-state index >= 15 is 0 Å². The summed E-state index contributed by atoms with van der Waals surface area (Å²) < 4.78 is 0. The fourth-order valence-corrected chi connectivity index (χ4v) is 3.48. The molecule has 88 valence electrons. The van der Waals surface area contributed by atoms with E-state index in [1.54, 1.807) is 11.8 Å². The van der Waals surface area contributed by atoms with Gasteiger partial charge in [0.25, 0.3) is 0 Å². The standard InChI is InChI=1S/C11H21NO2S/c1-8(2)6-9(3)12-11(10(13)14)4-5-15-7-11/h8-9,12H,4-7H2,1-3H3,(H,13,14). The Morgan fingerprint density at radius 1 is 1.53 bits per heavy atom. The maximum atomic E-state index is 11.3. The van der Waals surface area contributed by atoms with Gasteiger partial charge in [-0.2, -0.15) is 11.8 Å². The van der Waals surface area contributed by atoms with E-state index < -0.39 is 11.5 Å². The van der Waals surface area contributed by atoms with Crippen LogP contribution in [0.25, 0.3) is 0 Å². The second-order valence-corrected chi connectivity index (χ2v) is 5.97. The molecule has 2 atom stereocenters. The van der Waals surface area contributed by atoms with Crippen molar-refractivity contribution >= 4 is 17.7 Å². The number of carboxylic acid groups (broad SMARTS) is 1. The molecule has 4 heteroatoms. The summed E-state index contributed by atoms with van der Waals surface area (Å²) >= 11 is 1.73. The second-order valence-electron chi connectivity index (χ2n) is 4.86. The molecule has 0 spiro atoms. The number of hydrogen-bond acceptors (Lipinski definition) is 3. The molecule has 1 aliphatic heterocycles. The molecule has 0 aromatic heterocycles. The minimum atomic E-state index is -0.692. The Bertz CT molecular complexity index is 225. The second kappa shape index (κ2) is 5.21. The van der Waals surface area contributed by atoms with Crippen LogP contribution in [0, 0.1) is 5.92 Å². The van der Waals surface area contributed by atoms with Crippen molar-refractivity contribution in [1.29, 1.82) is 0 Å². The summed E-state index contributed by atoms with van der Waals surface area (Å²) in [6, 6.07) is 0.278. The third-order valence-corrected chi connectivity index (χ3v) is 3.97. The highest BCUT2D eigenvalue weighted by molar-refractivity contribution is 7.99. The lowest BCUT2D eigenvalue weighted by Crippen LogP contribution is -2.55. The van der Waals surface area contributed by atoms with Gasteiger partial charge in [0.2, 0.25) is 0 Å². The Balaban J connectivity index is 2.55. The highest BCUT2D eigenvalue weighted by atomic mass is 32.2. The van der Waals surface area contributed by atoms with Gasteiger partial charge < -0.3 is 5.11 Å². The number of rotatable bonds is 5. The molecule has 1 heterocycles. The summed E-state index contributed by atoms with van der Waals surface area (Å²) in [5.74, 6) is 1.56. The topological polar surface area (TPSA) is 49.3 Å². The molecule has 0 saturated carbocycles. The zero-order chi connectivity index (χ0) is 11.5. The number of nitrogens with one attached hydrogen (secondary N) is 1. The van der Waals surface area contributed by atoms with Crippen molar-refractivity contribution in [3.8, 4) is 0 Å². The lowest BCUT2D eigenvalue weighted by atomic mass is 9.95. The van der Waals surface area contributed by atoms with Gasteiger partial charge in [0.15, 0.2) is 0 Å². The average Bonchev–Trinajstić information content (AvgIpc) is 2.52. The highest BCUT2D eigenvalue weighted by Gasteiger charge is 2.42. The van der Waals surface area contributed by atoms with Gasteiger partial charge in [-0.15, -0.1) is 0 Å². The molecule has 1 fully saturated rings. The molecule has 3 nitrogen and oxygen atoms in total. The zero-order valence-electron chi connectivity index (χ0n) is 9.75. The van der Waals surface area contributed by atoms with E-state index in [1.165, 1.54) is 0 Å². The fraction of sp³-hybridized carbons (Fsp3) is 0.909. The largest absolute Gasteiger partial charge is 0.480 e. The number of thioether (sulfide) groups is 1. The van der Waals surface area contributed by atoms with Crippen molar-refractivity contribution in [2.45, 2.75) is 45.2 Å². The summed E-state index contributed by atoms with van der Waals surface area (Å²) in [6.07, 6.45) is 1.77. The number of hydrogen-bond donors (Lipinski definition) is 2. The van der Waals surface area contributed by atoms with E-state index in [2.05, 4.69) is 26.1 Å². The summed E-state index contributed by atoms with van der Waals surface area (Å²) in [7, 11) is 0. The van der Waals surface area contributed by atoms with Gasteiger partial charge in [-0.3, -0.25) is 10.1 Å². The molecule has 0 aliphatic carbocycles. The Labute approximate surface area is 96.0 Å². The van der Waals surface area contributed by atoms with Crippen LogP contribution in [0.15, 0.2) is 0 Å². The van der Waals surface area contributed by atoms with E-state index in [1.807, 2.05) is 0 Å². The van der Waals surface area contributed by atoms with Crippen LogP contribution in [0.1, 0.15) is 33.6 Å². The maximum Gasteiger partial charge on any atom is 0.324 e. The first-order chi connectivity index (χ1) is 6.96. The predicted molar refractivity (Wildman–Crippen MR) is 64.4 cm³/mol. The van der Waals surface area contributed by atoms with Gasteiger partial charge in [-0.1, -0.05) is 13.8 Å². The summed E-state index contributed by atoms with van der Waals surface area (Å²) in [5, 5.41) is 12.6. The minimum absolute atomic E-state index is 0.278. The fourth-order valence-electron chi connectivity index (χ4n) is 2.15. The summed E-state index contributed by atoms with van der Waals surface area (Å²) in [6.45, 7) is 6.40. The van der Waals surface area contributed by atoms with Gasteiger partial charge in [0.1, 0.15) is 5.54 Å². The third-order valence-electron chi connectivity index (χ3n) is 2.78.